The summed E-state index contributed by atoms with van der Waals surface area (Å²) in [4.78, 5) is 9.83. The molecule has 3 nitrogen and oxygen atoms in total. The average Bonchev–Trinajstić information content (AvgIpc) is 1.69. The van der Waals surface area contributed by atoms with E-state index in [2.05, 4.69) is 0 Å². The fourth-order valence-corrected chi connectivity index (χ4v) is 0.311. The molecule has 3 heteroatoms. The molecular formula is C5H6NO2-. The zero-order valence-electron chi connectivity index (χ0n) is 4.55. The van der Waals surface area contributed by atoms with E-state index in [-0.39, 0.29) is 0 Å². The van der Waals surface area contributed by atoms with Crippen molar-refractivity contribution in [1.82, 2.24) is 0 Å². The smallest absolute Gasteiger partial charge is 0.0855 e. The molecule has 0 amide bonds. The van der Waals surface area contributed by atoms with E-state index in [1.54, 1.807) is 13.0 Å². The molecule has 0 N–H and O–H groups in total. The first-order valence-electron chi connectivity index (χ1n) is 2.32. The highest BCUT2D eigenvalue weighted by Gasteiger charge is 2.02. The standard InChI is InChI=1S/C5H7NO2/c1-2-4(3-6)5(7)8/h4H,2H2,1H3,(H,7,8)/p-1. The van der Waals surface area contributed by atoms with Crippen molar-refractivity contribution in [2.75, 3.05) is 0 Å². The van der Waals surface area contributed by atoms with Gasteiger partial charge in [0.1, 0.15) is 0 Å². The first-order chi connectivity index (χ1) is 3.72. The normalized spacial score (nSPS) is 12.0. The van der Waals surface area contributed by atoms with Crippen LogP contribution in [-0.4, -0.2) is 5.97 Å². The lowest BCUT2D eigenvalue weighted by molar-refractivity contribution is -0.309. The predicted octanol–water partition coefficient (Wildman–Crippen LogP) is -0.714. The number of carboxylic acids is 1. The molecule has 0 radical (unpaired) electrons. The molecule has 0 heterocycles. The summed E-state index contributed by atoms with van der Waals surface area (Å²) >= 11 is 0. The number of nitrogens with zero attached hydrogens (tertiary/aromatic N) is 1. The van der Waals surface area contributed by atoms with Gasteiger partial charge in [0.05, 0.1) is 18.0 Å². The second-order valence-corrected chi connectivity index (χ2v) is 1.41. The van der Waals surface area contributed by atoms with Gasteiger partial charge in [-0.2, -0.15) is 5.26 Å². The van der Waals surface area contributed by atoms with E-state index in [1.807, 2.05) is 0 Å². The third kappa shape index (κ3) is 1.61. The van der Waals surface area contributed by atoms with E-state index in [0.29, 0.717) is 6.42 Å². The van der Waals surface area contributed by atoms with E-state index >= 15 is 0 Å². The molecule has 0 fully saturated rings. The van der Waals surface area contributed by atoms with Crippen LogP contribution >= 0.6 is 0 Å². The van der Waals surface area contributed by atoms with Crippen LogP contribution < -0.4 is 5.11 Å². The lowest BCUT2D eigenvalue weighted by Crippen LogP contribution is -2.29. The van der Waals surface area contributed by atoms with E-state index < -0.39 is 11.9 Å². The quantitative estimate of drug-likeness (QED) is 0.473. The molecule has 0 saturated heterocycles. The minimum absolute atomic E-state index is 0.318. The highest BCUT2D eigenvalue weighted by molar-refractivity contribution is 5.70. The molecule has 0 saturated carbocycles. The average molecular weight is 112 g/mol. The van der Waals surface area contributed by atoms with E-state index in [4.69, 9.17) is 5.26 Å². The largest absolute Gasteiger partial charge is 0.549 e. The highest BCUT2D eigenvalue weighted by Crippen LogP contribution is 1.95. The lowest BCUT2D eigenvalue weighted by atomic mass is 10.1. The summed E-state index contributed by atoms with van der Waals surface area (Å²) in [6, 6.07) is 1.59. The van der Waals surface area contributed by atoms with Crippen LogP contribution in [0.25, 0.3) is 0 Å². The molecule has 0 aromatic heterocycles. The van der Waals surface area contributed by atoms with Crippen molar-refractivity contribution in [3.05, 3.63) is 0 Å². The maximum atomic E-state index is 9.83. The van der Waals surface area contributed by atoms with Crippen LogP contribution in [0.3, 0.4) is 0 Å². The summed E-state index contributed by atoms with van der Waals surface area (Å²) < 4.78 is 0. The van der Waals surface area contributed by atoms with Crippen LogP contribution in [0, 0.1) is 17.2 Å². The van der Waals surface area contributed by atoms with Gasteiger partial charge >= 0.3 is 0 Å². The monoisotopic (exact) mass is 112 g/mol. The number of carbonyl (C=O) groups excluding carboxylic acids is 1. The maximum absolute atomic E-state index is 9.83. The van der Waals surface area contributed by atoms with Crippen LogP contribution in [0.15, 0.2) is 0 Å². The van der Waals surface area contributed by atoms with E-state index in [0.717, 1.165) is 0 Å². The van der Waals surface area contributed by atoms with Crippen molar-refractivity contribution in [2.24, 2.45) is 5.92 Å². The summed E-state index contributed by atoms with van der Waals surface area (Å²) in [5.41, 5.74) is 0. The summed E-state index contributed by atoms with van der Waals surface area (Å²) in [5, 5.41) is 17.9. The molecule has 0 aliphatic rings. The van der Waals surface area contributed by atoms with E-state index in [1.165, 1.54) is 0 Å². The Kier molecular flexibility index (Phi) is 2.63. The van der Waals surface area contributed by atoms with Crippen LogP contribution in [-0.2, 0) is 4.79 Å². The molecule has 1 atom stereocenters. The summed E-state index contributed by atoms with van der Waals surface area (Å²) in [7, 11) is 0. The first-order valence-corrected chi connectivity index (χ1v) is 2.32. The highest BCUT2D eigenvalue weighted by atomic mass is 16.4. The van der Waals surface area contributed by atoms with Gasteiger partial charge in [-0.3, -0.25) is 0 Å². The fraction of sp³-hybridized carbons (Fsp3) is 0.600. The summed E-state index contributed by atoms with van der Waals surface area (Å²) in [5.74, 6) is -2.22. The van der Waals surface area contributed by atoms with Gasteiger partial charge in [0.2, 0.25) is 0 Å². The molecule has 0 spiro atoms. The zero-order valence-corrected chi connectivity index (χ0v) is 4.55. The van der Waals surface area contributed by atoms with Gasteiger partial charge in [-0.15, -0.1) is 0 Å². The second-order valence-electron chi connectivity index (χ2n) is 1.41. The molecule has 8 heavy (non-hydrogen) atoms. The van der Waals surface area contributed by atoms with Gasteiger partial charge in [-0.05, 0) is 6.42 Å². The number of nitriles is 1. The zero-order chi connectivity index (χ0) is 6.57. The van der Waals surface area contributed by atoms with Crippen molar-refractivity contribution in [1.29, 1.82) is 5.26 Å². The van der Waals surface area contributed by atoms with Crippen molar-refractivity contribution < 1.29 is 9.90 Å². The van der Waals surface area contributed by atoms with Crippen LogP contribution in [0.1, 0.15) is 13.3 Å². The third-order valence-electron chi connectivity index (χ3n) is 0.849. The molecule has 0 bridgehead atoms. The maximum Gasteiger partial charge on any atom is 0.0855 e. The lowest BCUT2D eigenvalue weighted by Gasteiger charge is -2.03. The SMILES string of the molecule is CCC(C#N)C(=O)[O-]. The molecule has 1 unspecified atom stereocenters. The van der Waals surface area contributed by atoms with Crippen molar-refractivity contribution >= 4 is 5.97 Å². The third-order valence-corrected chi connectivity index (χ3v) is 0.849. The Labute approximate surface area is 47.5 Å². The van der Waals surface area contributed by atoms with Crippen molar-refractivity contribution in [3.63, 3.8) is 0 Å². The Balaban J connectivity index is 3.76. The molecule has 0 aliphatic carbocycles. The fourth-order valence-electron chi connectivity index (χ4n) is 0.311. The van der Waals surface area contributed by atoms with Gasteiger partial charge in [-0.25, -0.2) is 0 Å². The van der Waals surface area contributed by atoms with Gasteiger partial charge in [0.15, 0.2) is 0 Å². The Hall–Kier alpha value is -1.04. The number of hydrogen-bond donors (Lipinski definition) is 0. The van der Waals surface area contributed by atoms with Crippen molar-refractivity contribution in [2.45, 2.75) is 13.3 Å². The van der Waals surface area contributed by atoms with Gasteiger partial charge in [-0.1, -0.05) is 6.92 Å². The molecule has 0 aliphatic heterocycles. The van der Waals surface area contributed by atoms with Crippen molar-refractivity contribution in [3.8, 4) is 6.07 Å². The Morgan fingerprint density at radius 3 is 2.50 bits per heavy atom. The number of carbonyl (C=O) groups is 1. The van der Waals surface area contributed by atoms with Gasteiger partial charge in [0.25, 0.3) is 0 Å². The Morgan fingerprint density at radius 1 is 2.00 bits per heavy atom. The van der Waals surface area contributed by atoms with Gasteiger partial charge in [0, 0.05) is 0 Å². The number of aliphatic carboxylic acids is 1. The molecule has 0 aromatic rings. The van der Waals surface area contributed by atoms with Crippen LogP contribution in [0.4, 0.5) is 0 Å². The molecule has 0 aromatic carbocycles. The Morgan fingerprint density at radius 2 is 2.50 bits per heavy atom. The Bertz CT molecular complexity index is 125. The minimum atomic E-state index is -1.28. The van der Waals surface area contributed by atoms with Crippen LogP contribution in [0.2, 0.25) is 0 Å². The number of rotatable bonds is 2. The van der Waals surface area contributed by atoms with Gasteiger partial charge < -0.3 is 9.90 Å². The minimum Gasteiger partial charge on any atom is -0.549 e. The molecular weight excluding hydrogens is 106 g/mol. The molecule has 44 valence electrons. The van der Waals surface area contributed by atoms with Crippen LogP contribution in [0.5, 0.6) is 0 Å². The first kappa shape index (κ1) is 6.96. The second kappa shape index (κ2) is 3.03. The molecule has 0 rings (SSSR count). The summed E-state index contributed by atoms with van der Waals surface area (Å²) in [6.45, 7) is 1.63. The number of hydrogen-bond acceptors (Lipinski definition) is 3. The number of carboxylic acid groups (broad SMARTS) is 1. The topological polar surface area (TPSA) is 63.9 Å². The van der Waals surface area contributed by atoms with E-state index in [9.17, 15) is 9.90 Å². The summed E-state index contributed by atoms with van der Waals surface area (Å²) in [6.07, 6.45) is 0.318. The predicted molar refractivity (Wildman–Crippen MR) is 24.4 cm³/mol.